The Balaban J connectivity index is 3.22. The normalized spacial score (nSPS) is 12.2. The van der Waals surface area contributed by atoms with Crippen LogP contribution in [0.15, 0.2) is 16.6 Å². The van der Waals surface area contributed by atoms with Crippen molar-refractivity contribution >= 4 is 15.9 Å². The fourth-order valence-electron chi connectivity index (χ4n) is 1.19. The third-order valence-corrected chi connectivity index (χ3v) is 2.67. The van der Waals surface area contributed by atoms with Crippen LogP contribution in [0.3, 0.4) is 0 Å². The molecule has 1 aromatic carbocycles. The van der Waals surface area contributed by atoms with Crippen LogP contribution in [0.1, 0.15) is 24.8 Å². The molecule has 1 aromatic rings. The first-order valence-electron chi connectivity index (χ1n) is 4.14. The van der Waals surface area contributed by atoms with Gasteiger partial charge in [0.25, 0.3) is 0 Å². The molecule has 74 valence electrons. The number of hydrogen-bond acceptors (Lipinski definition) is 1. The van der Waals surface area contributed by atoms with E-state index < -0.39 is 17.6 Å². The van der Waals surface area contributed by atoms with Crippen molar-refractivity contribution in [2.45, 2.75) is 19.3 Å². The monoisotopic (exact) mass is 259 g/mol. The molecule has 0 aliphatic heterocycles. The summed E-state index contributed by atoms with van der Waals surface area (Å²) in [5.41, 5.74) is 0.494. The van der Waals surface area contributed by atoms with E-state index in [2.05, 4.69) is 15.9 Å². The molecule has 0 radical (unpaired) electrons. The van der Waals surface area contributed by atoms with Gasteiger partial charge in [0.2, 0.25) is 0 Å². The average molecular weight is 260 g/mol. The van der Waals surface area contributed by atoms with Crippen molar-refractivity contribution in [1.29, 1.82) is 5.26 Å². The Morgan fingerprint density at radius 2 is 2.00 bits per heavy atom. The smallest absolute Gasteiger partial charge is 0.159 e. The highest BCUT2D eigenvalue weighted by atomic mass is 79.9. The molecule has 0 fully saturated rings. The first-order valence-corrected chi connectivity index (χ1v) is 4.93. The van der Waals surface area contributed by atoms with Crippen LogP contribution >= 0.6 is 15.9 Å². The zero-order valence-electron chi connectivity index (χ0n) is 7.52. The third-order valence-electron chi connectivity index (χ3n) is 1.98. The highest BCUT2D eigenvalue weighted by Crippen LogP contribution is 2.28. The highest BCUT2D eigenvalue weighted by Gasteiger charge is 2.15. The van der Waals surface area contributed by atoms with Crippen LogP contribution in [-0.4, -0.2) is 0 Å². The Kier molecular flexibility index (Phi) is 3.59. The average Bonchev–Trinajstić information content (AvgIpc) is 2.15. The topological polar surface area (TPSA) is 23.8 Å². The van der Waals surface area contributed by atoms with E-state index in [0.29, 0.717) is 16.5 Å². The Morgan fingerprint density at radius 3 is 2.50 bits per heavy atom. The molecule has 1 nitrogen and oxygen atoms in total. The van der Waals surface area contributed by atoms with Crippen molar-refractivity contribution in [3.8, 4) is 6.07 Å². The Labute approximate surface area is 89.5 Å². The summed E-state index contributed by atoms with van der Waals surface area (Å²) in [6, 6.07) is 4.15. The molecule has 0 aliphatic rings. The molecule has 0 amide bonds. The van der Waals surface area contributed by atoms with E-state index in [-0.39, 0.29) is 0 Å². The quantitative estimate of drug-likeness (QED) is 0.743. The first-order chi connectivity index (χ1) is 6.60. The van der Waals surface area contributed by atoms with Gasteiger partial charge in [-0.15, -0.1) is 0 Å². The second-order valence-electron chi connectivity index (χ2n) is 2.88. The van der Waals surface area contributed by atoms with Crippen LogP contribution in [0, 0.1) is 23.0 Å². The molecule has 0 bridgehead atoms. The van der Waals surface area contributed by atoms with Gasteiger partial charge >= 0.3 is 0 Å². The van der Waals surface area contributed by atoms with Gasteiger partial charge in [0.05, 0.1) is 12.0 Å². The van der Waals surface area contributed by atoms with E-state index >= 15 is 0 Å². The predicted molar refractivity (Wildman–Crippen MR) is 52.7 cm³/mol. The molecule has 0 spiro atoms. The molecular weight excluding hydrogens is 252 g/mol. The largest absolute Gasteiger partial charge is 0.204 e. The molecule has 1 rings (SSSR count). The zero-order chi connectivity index (χ0) is 10.7. The van der Waals surface area contributed by atoms with Crippen molar-refractivity contribution in [2.75, 3.05) is 0 Å². The lowest BCUT2D eigenvalue weighted by Gasteiger charge is -2.09. The summed E-state index contributed by atoms with van der Waals surface area (Å²) in [5, 5.41) is 8.78. The molecule has 0 aromatic heterocycles. The SMILES string of the molecule is CCC(C#N)c1cc(F)c(F)cc1Br. The summed E-state index contributed by atoms with van der Waals surface area (Å²) < 4.78 is 26.1. The molecule has 0 saturated heterocycles. The minimum Gasteiger partial charge on any atom is -0.204 e. The number of rotatable bonds is 2. The zero-order valence-corrected chi connectivity index (χ0v) is 9.11. The van der Waals surface area contributed by atoms with Crippen LogP contribution < -0.4 is 0 Å². The van der Waals surface area contributed by atoms with Gasteiger partial charge in [-0.25, -0.2) is 8.78 Å². The van der Waals surface area contributed by atoms with Crippen molar-refractivity contribution in [2.24, 2.45) is 0 Å². The van der Waals surface area contributed by atoms with E-state index in [9.17, 15) is 8.78 Å². The molecule has 1 atom stereocenters. The fourth-order valence-corrected chi connectivity index (χ4v) is 1.78. The lowest BCUT2D eigenvalue weighted by molar-refractivity contribution is 0.505. The van der Waals surface area contributed by atoms with Crippen LogP contribution in [0.25, 0.3) is 0 Å². The summed E-state index contributed by atoms with van der Waals surface area (Å²) in [4.78, 5) is 0. The summed E-state index contributed by atoms with van der Waals surface area (Å²) >= 11 is 3.11. The van der Waals surface area contributed by atoms with Gasteiger partial charge in [-0.05, 0) is 24.1 Å². The molecule has 4 heteroatoms. The first kappa shape index (κ1) is 11.1. The summed E-state index contributed by atoms with van der Waals surface area (Å²) in [6.45, 7) is 1.82. The van der Waals surface area contributed by atoms with E-state index in [1.165, 1.54) is 0 Å². The minimum atomic E-state index is -0.920. The molecule has 0 aliphatic carbocycles. The maximum absolute atomic E-state index is 12.9. The second-order valence-corrected chi connectivity index (χ2v) is 3.73. The van der Waals surface area contributed by atoms with Crippen LogP contribution in [0.4, 0.5) is 8.78 Å². The van der Waals surface area contributed by atoms with Crippen molar-refractivity contribution < 1.29 is 8.78 Å². The third kappa shape index (κ3) is 2.10. The van der Waals surface area contributed by atoms with Gasteiger partial charge in [-0.1, -0.05) is 22.9 Å². The molecular formula is C10H8BrF2N. The number of benzene rings is 1. The van der Waals surface area contributed by atoms with Gasteiger partial charge in [0.1, 0.15) is 0 Å². The Morgan fingerprint density at radius 1 is 1.43 bits per heavy atom. The number of nitriles is 1. The van der Waals surface area contributed by atoms with Gasteiger partial charge in [-0.3, -0.25) is 0 Å². The summed E-state index contributed by atoms with van der Waals surface area (Å²) in [6.07, 6.45) is 0.570. The molecule has 0 heterocycles. The molecule has 1 unspecified atom stereocenters. The predicted octanol–water partition coefficient (Wildman–Crippen LogP) is 3.74. The van der Waals surface area contributed by atoms with E-state index in [1.54, 1.807) is 0 Å². The lowest BCUT2D eigenvalue weighted by atomic mass is 9.98. The number of nitrogens with zero attached hydrogens (tertiary/aromatic N) is 1. The van der Waals surface area contributed by atoms with E-state index in [4.69, 9.17) is 5.26 Å². The maximum Gasteiger partial charge on any atom is 0.159 e. The van der Waals surface area contributed by atoms with Gasteiger partial charge in [-0.2, -0.15) is 5.26 Å². The Hall–Kier alpha value is -0.950. The molecule has 0 N–H and O–H groups in total. The number of halogens is 3. The minimum absolute atomic E-state index is 0.403. The van der Waals surface area contributed by atoms with E-state index in [0.717, 1.165) is 12.1 Å². The lowest BCUT2D eigenvalue weighted by Crippen LogP contribution is -1.98. The fraction of sp³-hybridized carbons (Fsp3) is 0.300. The molecule has 14 heavy (non-hydrogen) atoms. The van der Waals surface area contributed by atoms with Crippen molar-refractivity contribution in [3.05, 3.63) is 33.8 Å². The van der Waals surface area contributed by atoms with Crippen molar-refractivity contribution in [3.63, 3.8) is 0 Å². The number of hydrogen-bond donors (Lipinski definition) is 0. The van der Waals surface area contributed by atoms with Gasteiger partial charge < -0.3 is 0 Å². The molecule has 0 saturated carbocycles. The van der Waals surface area contributed by atoms with Gasteiger partial charge in [0.15, 0.2) is 11.6 Å². The Bertz CT molecular complexity index is 384. The van der Waals surface area contributed by atoms with Crippen LogP contribution in [0.2, 0.25) is 0 Å². The van der Waals surface area contributed by atoms with E-state index in [1.807, 2.05) is 13.0 Å². The summed E-state index contributed by atoms with van der Waals surface area (Å²) in [7, 11) is 0. The van der Waals surface area contributed by atoms with Crippen LogP contribution in [0.5, 0.6) is 0 Å². The second kappa shape index (κ2) is 4.52. The van der Waals surface area contributed by atoms with Crippen LogP contribution in [-0.2, 0) is 0 Å². The highest BCUT2D eigenvalue weighted by molar-refractivity contribution is 9.10. The van der Waals surface area contributed by atoms with Crippen molar-refractivity contribution in [1.82, 2.24) is 0 Å². The standard InChI is InChI=1S/C10H8BrF2N/c1-2-6(5-14)7-3-9(12)10(13)4-8(7)11/h3-4,6H,2H2,1H3. The van der Waals surface area contributed by atoms with Gasteiger partial charge in [0, 0.05) is 4.47 Å². The maximum atomic E-state index is 12.9. The summed E-state index contributed by atoms with van der Waals surface area (Å²) in [5.74, 6) is -2.23.